The molecule has 0 saturated carbocycles. The zero-order valence-corrected chi connectivity index (χ0v) is 12.4. The number of aromatic amines is 1. The average molecular weight is 298 g/mol. The van der Waals surface area contributed by atoms with Crippen molar-refractivity contribution in [1.82, 2.24) is 4.98 Å². The highest BCUT2D eigenvalue weighted by atomic mass is 35.5. The van der Waals surface area contributed by atoms with E-state index in [4.69, 9.17) is 16.3 Å². The van der Waals surface area contributed by atoms with Crippen LogP contribution >= 0.6 is 11.6 Å². The Labute approximate surface area is 122 Å². The molecule has 0 spiro atoms. The fourth-order valence-corrected chi connectivity index (χ4v) is 1.83. The van der Waals surface area contributed by atoms with E-state index < -0.39 is 11.8 Å². The minimum Gasteiger partial charge on any atom is -0.461 e. The molecule has 0 saturated heterocycles. The van der Waals surface area contributed by atoms with E-state index in [1.807, 2.05) is 13.8 Å². The first-order valence-corrected chi connectivity index (χ1v) is 6.81. The van der Waals surface area contributed by atoms with Gasteiger partial charge in [-0.25, -0.2) is 9.18 Å². The molecule has 0 radical (unpaired) electrons. The second-order valence-electron chi connectivity index (χ2n) is 3.61. The van der Waals surface area contributed by atoms with Crippen molar-refractivity contribution in [2.45, 2.75) is 20.8 Å². The summed E-state index contributed by atoms with van der Waals surface area (Å²) in [6.07, 6.45) is 1.57. The third-order valence-corrected chi connectivity index (χ3v) is 2.68. The molecule has 1 aromatic carbocycles. The number of hydrogen-bond acceptors (Lipinski definition) is 2. The molecule has 0 aliphatic rings. The number of halogens is 2. The van der Waals surface area contributed by atoms with Gasteiger partial charge in [0.1, 0.15) is 11.5 Å². The van der Waals surface area contributed by atoms with Gasteiger partial charge in [0.15, 0.2) is 0 Å². The SMILES string of the molecule is CC.CCOC(=O)c1[nH]ccc1-c1ccc(Cl)cc1F. The highest BCUT2D eigenvalue weighted by molar-refractivity contribution is 6.30. The molecule has 0 fully saturated rings. The summed E-state index contributed by atoms with van der Waals surface area (Å²) in [5, 5.41) is 0.310. The van der Waals surface area contributed by atoms with Gasteiger partial charge in [0, 0.05) is 22.3 Å². The molecule has 0 amide bonds. The molecule has 108 valence electrons. The molecule has 0 atom stereocenters. The molecular formula is C15H17ClFNO2. The van der Waals surface area contributed by atoms with Gasteiger partial charge in [-0.05, 0) is 31.2 Å². The summed E-state index contributed by atoms with van der Waals surface area (Å²) in [5.41, 5.74) is 1.00. The van der Waals surface area contributed by atoms with E-state index in [2.05, 4.69) is 4.98 Å². The summed E-state index contributed by atoms with van der Waals surface area (Å²) >= 11 is 5.69. The quantitative estimate of drug-likeness (QED) is 0.836. The fraction of sp³-hybridized carbons (Fsp3) is 0.267. The predicted molar refractivity (Wildman–Crippen MR) is 78.5 cm³/mol. The van der Waals surface area contributed by atoms with Crippen molar-refractivity contribution >= 4 is 17.6 Å². The Morgan fingerprint density at radius 3 is 2.60 bits per heavy atom. The van der Waals surface area contributed by atoms with Crippen LogP contribution in [0.15, 0.2) is 30.5 Å². The van der Waals surface area contributed by atoms with Crippen LogP contribution in [0, 0.1) is 5.82 Å². The van der Waals surface area contributed by atoms with Crippen molar-refractivity contribution in [2.24, 2.45) is 0 Å². The largest absolute Gasteiger partial charge is 0.461 e. The Morgan fingerprint density at radius 2 is 2.00 bits per heavy atom. The number of rotatable bonds is 3. The monoisotopic (exact) mass is 297 g/mol. The maximum atomic E-state index is 13.8. The first-order valence-electron chi connectivity index (χ1n) is 6.43. The molecule has 5 heteroatoms. The second kappa shape index (κ2) is 7.70. The fourth-order valence-electron chi connectivity index (χ4n) is 1.67. The van der Waals surface area contributed by atoms with Crippen molar-refractivity contribution < 1.29 is 13.9 Å². The molecule has 20 heavy (non-hydrogen) atoms. The van der Waals surface area contributed by atoms with Crippen molar-refractivity contribution in [3.05, 3.63) is 47.0 Å². The molecule has 3 nitrogen and oxygen atoms in total. The Bertz CT molecular complexity index is 581. The molecule has 1 aromatic heterocycles. The summed E-state index contributed by atoms with van der Waals surface area (Å²) < 4.78 is 18.7. The lowest BCUT2D eigenvalue weighted by molar-refractivity contribution is 0.0521. The highest BCUT2D eigenvalue weighted by Crippen LogP contribution is 2.28. The normalized spacial score (nSPS) is 9.65. The molecule has 1 N–H and O–H groups in total. The molecule has 0 aliphatic carbocycles. The van der Waals surface area contributed by atoms with Gasteiger partial charge >= 0.3 is 5.97 Å². The zero-order chi connectivity index (χ0) is 15.1. The highest BCUT2D eigenvalue weighted by Gasteiger charge is 2.17. The van der Waals surface area contributed by atoms with Gasteiger partial charge < -0.3 is 9.72 Å². The number of hydrogen-bond donors (Lipinski definition) is 1. The Hall–Kier alpha value is -1.81. The number of esters is 1. The maximum absolute atomic E-state index is 13.8. The van der Waals surface area contributed by atoms with Crippen LogP contribution in [-0.4, -0.2) is 17.6 Å². The van der Waals surface area contributed by atoms with Crippen molar-refractivity contribution in [2.75, 3.05) is 6.61 Å². The van der Waals surface area contributed by atoms with E-state index in [1.165, 1.54) is 12.1 Å². The van der Waals surface area contributed by atoms with Crippen LogP contribution in [0.25, 0.3) is 11.1 Å². The van der Waals surface area contributed by atoms with Crippen molar-refractivity contribution in [1.29, 1.82) is 0 Å². The standard InChI is InChI=1S/C13H11ClFNO2.C2H6/c1-2-18-13(17)12-10(5-6-16-12)9-4-3-8(14)7-11(9)15;1-2/h3-7,16H,2H2,1H3;1-2H3. The number of H-pyrrole nitrogens is 1. The third-order valence-electron chi connectivity index (χ3n) is 2.45. The molecular weight excluding hydrogens is 281 g/mol. The van der Waals surface area contributed by atoms with Gasteiger partial charge in [0.2, 0.25) is 0 Å². The summed E-state index contributed by atoms with van der Waals surface area (Å²) in [4.78, 5) is 14.4. The van der Waals surface area contributed by atoms with Crippen LogP contribution in [0.3, 0.4) is 0 Å². The zero-order valence-electron chi connectivity index (χ0n) is 11.7. The van der Waals surface area contributed by atoms with Gasteiger partial charge in [-0.15, -0.1) is 0 Å². The molecule has 0 bridgehead atoms. The molecule has 2 aromatic rings. The topological polar surface area (TPSA) is 42.1 Å². The van der Waals surface area contributed by atoms with Crippen LogP contribution in [0.1, 0.15) is 31.3 Å². The Kier molecular flexibility index (Phi) is 6.25. The molecule has 0 unspecified atom stereocenters. The number of carbonyl (C=O) groups is 1. The molecule has 0 aliphatic heterocycles. The van der Waals surface area contributed by atoms with Gasteiger partial charge in [0.25, 0.3) is 0 Å². The first kappa shape index (κ1) is 16.2. The number of aromatic nitrogens is 1. The van der Waals surface area contributed by atoms with E-state index in [0.717, 1.165) is 0 Å². The van der Waals surface area contributed by atoms with Gasteiger partial charge in [-0.3, -0.25) is 0 Å². The number of nitrogens with one attached hydrogen (secondary N) is 1. The molecule has 1 heterocycles. The van der Waals surface area contributed by atoms with Crippen LogP contribution in [0.4, 0.5) is 4.39 Å². The lowest BCUT2D eigenvalue weighted by Crippen LogP contribution is -2.06. The smallest absolute Gasteiger partial charge is 0.355 e. The van der Waals surface area contributed by atoms with Crippen molar-refractivity contribution in [3.8, 4) is 11.1 Å². The average Bonchev–Trinajstić information content (AvgIpc) is 2.90. The number of carbonyl (C=O) groups excluding carboxylic acids is 1. The second-order valence-corrected chi connectivity index (χ2v) is 4.05. The van der Waals surface area contributed by atoms with Gasteiger partial charge in [-0.2, -0.15) is 0 Å². The minimum atomic E-state index is -0.508. The van der Waals surface area contributed by atoms with Crippen molar-refractivity contribution in [3.63, 3.8) is 0 Å². The number of benzene rings is 1. The molecule has 2 rings (SSSR count). The minimum absolute atomic E-state index is 0.234. The first-order chi connectivity index (χ1) is 9.63. The maximum Gasteiger partial charge on any atom is 0.355 e. The van der Waals surface area contributed by atoms with E-state index >= 15 is 0 Å². The van der Waals surface area contributed by atoms with E-state index in [9.17, 15) is 9.18 Å². The van der Waals surface area contributed by atoms with Crippen LogP contribution in [0.5, 0.6) is 0 Å². The summed E-state index contributed by atoms with van der Waals surface area (Å²) in [6, 6.07) is 5.93. The Balaban J connectivity index is 0.000000956. The third kappa shape index (κ3) is 3.61. The lowest BCUT2D eigenvalue weighted by atomic mass is 10.1. The van der Waals surface area contributed by atoms with E-state index in [0.29, 0.717) is 16.1 Å². The van der Waals surface area contributed by atoms with Gasteiger partial charge in [-0.1, -0.05) is 25.4 Å². The summed E-state index contributed by atoms with van der Waals surface area (Å²) in [5.74, 6) is -0.987. The van der Waals surface area contributed by atoms with E-state index in [1.54, 1.807) is 25.3 Å². The van der Waals surface area contributed by atoms with Crippen LogP contribution in [-0.2, 0) is 4.74 Å². The van der Waals surface area contributed by atoms with E-state index in [-0.39, 0.29) is 12.3 Å². The summed E-state index contributed by atoms with van der Waals surface area (Å²) in [6.45, 7) is 5.98. The number of ether oxygens (including phenoxy) is 1. The predicted octanol–water partition coefficient (Wildman–Crippen LogP) is 4.68. The lowest BCUT2D eigenvalue weighted by Gasteiger charge is -2.05. The summed E-state index contributed by atoms with van der Waals surface area (Å²) in [7, 11) is 0. The van der Waals surface area contributed by atoms with Gasteiger partial charge in [0.05, 0.1) is 6.61 Å². The Morgan fingerprint density at radius 1 is 1.30 bits per heavy atom. The van der Waals surface area contributed by atoms with Crippen LogP contribution in [0.2, 0.25) is 5.02 Å². The van der Waals surface area contributed by atoms with Crippen LogP contribution < -0.4 is 0 Å².